The van der Waals surface area contributed by atoms with E-state index in [0.717, 1.165) is 24.2 Å². The van der Waals surface area contributed by atoms with E-state index in [4.69, 9.17) is 4.74 Å². The molecule has 6 heteroatoms. The monoisotopic (exact) mass is 411 g/mol. The largest absolute Gasteiger partial charge is 0.488 e. The van der Waals surface area contributed by atoms with Crippen LogP contribution in [-0.2, 0) is 26.6 Å². The molecular formula is C23H25NO4S. The van der Waals surface area contributed by atoms with Crippen LogP contribution in [0.4, 0.5) is 0 Å². The Balaban J connectivity index is 1.47. The summed E-state index contributed by atoms with van der Waals surface area (Å²) in [5.74, 6) is 0.771. The molecule has 2 atom stereocenters. The van der Waals surface area contributed by atoms with Crippen LogP contribution in [0.1, 0.15) is 37.8 Å². The van der Waals surface area contributed by atoms with Gasteiger partial charge in [0.05, 0.1) is 10.6 Å². The fourth-order valence-electron chi connectivity index (χ4n) is 5.25. The van der Waals surface area contributed by atoms with Crippen LogP contribution >= 0.6 is 0 Å². The van der Waals surface area contributed by atoms with E-state index < -0.39 is 9.84 Å². The minimum Gasteiger partial charge on any atom is -0.488 e. The molecular weight excluding hydrogens is 386 g/mol. The second-order valence-electron chi connectivity index (χ2n) is 9.13. The summed E-state index contributed by atoms with van der Waals surface area (Å²) in [4.78, 5) is 15.6. The van der Waals surface area contributed by atoms with Gasteiger partial charge in [0.1, 0.15) is 11.4 Å². The Labute approximate surface area is 171 Å². The molecule has 2 heterocycles. The molecule has 0 N–H and O–H groups in total. The molecule has 0 saturated heterocycles. The fourth-order valence-corrected chi connectivity index (χ4v) is 6.75. The van der Waals surface area contributed by atoms with Crippen LogP contribution in [0.3, 0.4) is 0 Å². The highest BCUT2D eigenvalue weighted by molar-refractivity contribution is 7.91. The molecule has 0 bridgehead atoms. The lowest BCUT2D eigenvalue weighted by molar-refractivity contribution is -0.133. The van der Waals surface area contributed by atoms with Crippen LogP contribution in [0.25, 0.3) is 0 Å². The molecule has 0 aromatic heterocycles. The summed E-state index contributed by atoms with van der Waals surface area (Å²) in [6, 6.07) is 15.0. The zero-order valence-corrected chi connectivity index (χ0v) is 17.5. The molecule has 1 spiro atoms. The van der Waals surface area contributed by atoms with Crippen molar-refractivity contribution in [3.05, 3.63) is 59.7 Å². The third-order valence-corrected chi connectivity index (χ3v) is 8.32. The summed E-state index contributed by atoms with van der Waals surface area (Å²) >= 11 is 0. The van der Waals surface area contributed by atoms with Crippen LogP contribution < -0.4 is 4.74 Å². The highest BCUT2D eigenvalue weighted by atomic mass is 32.2. The number of amides is 1. The van der Waals surface area contributed by atoms with E-state index >= 15 is 0 Å². The molecule has 2 aromatic rings. The Kier molecular flexibility index (Phi) is 3.92. The van der Waals surface area contributed by atoms with Gasteiger partial charge in [0, 0.05) is 30.0 Å². The number of para-hydroxylation sites is 1. The van der Waals surface area contributed by atoms with E-state index in [2.05, 4.69) is 19.9 Å². The lowest BCUT2D eigenvalue weighted by atomic mass is 9.79. The second kappa shape index (κ2) is 6.08. The summed E-state index contributed by atoms with van der Waals surface area (Å²) in [6.45, 7) is 4.73. The number of benzene rings is 2. The standard InChI is InChI=1S/C23H25NO4S/c1-22(2)15-23(17-8-4-5-9-19(17)28-22)13-18(23)21(25)24-11-12-29(26,27)20-10-6-3-7-16(20)14-24/h3-10,18H,11-15H2,1-2H3/t18-,23+/m1/s1. The first-order valence-electron chi connectivity index (χ1n) is 10.1. The molecule has 29 heavy (non-hydrogen) atoms. The van der Waals surface area contributed by atoms with Crippen molar-refractivity contribution in [3.8, 4) is 5.75 Å². The van der Waals surface area contributed by atoms with Gasteiger partial charge in [0.15, 0.2) is 9.84 Å². The van der Waals surface area contributed by atoms with Gasteiger partial charge >= 0.3 is 0 Å². The van der Waals surface area contributed by atoms with Crippen molar-refractivity contribution >= 4 is 15.7 Å². The Hall–Kier alpha value is -2.34. The molecule has 0 unspecified atom stereocenters. The van der Waals surface area contributed by atoms with Crippen LogP contribution in [0.5, 0.6) is 5.75 Å². The van der Waals surface area contributed by atoms with Crippen molar-refractivity contribution in [2.75, 3.05) is 12.3 Å². The molecule has 1 amide bonds. The Morgan fingerprint density at radius 2 is 1.83 bits per heavy atom. The van der Waals surface area contributed by atoms with E-state index in [1.54, 1.807) is 17.0 Å². The van der Waals surface area contributed by atoms with Gasteiger partial charge in [0.25, 0.3) is 0 Å². The summed E-state index contributed by atoms with van der Waals surface area (Å²) in [5.41, 5.74) is 1.28. The quantitative estimate of drug-likeness (QED) is 0.722. The van der Waals surface area contributed by atoms with E-state index in [-0.39, 0.29) is 35.1 Å². The Morgan fingerprint density at radius 1 is 1.10 bits per heavy atom. The van der Waals surface area contributed by atoms with E-state index in [1.807, 2.05) is 30.3 Å². The maximum atomic E-state index is 13.5. The van der Waals surface area contributed by atoms with Gasteiger partial charge in [-0.2, -0.15) is 0 Å². The number of carbonyl (C=O) groups is 1. The van der Waals surface area contributed by atoms with Gasteiger partial charge in [-0.1, -0.05) is 36.4 Å². The van der Waals surface area contributed by atoms with Crippen molar-refractivity contribution in [1.82, 2.24) is 4.90 Å². The van der Waals surface area contributed by atoms with Crippen LogP contribution in [-0.4, -0.2) is 37.1 Å². The number of ether oxygens (including phenoxy) is 1. The molecule has 2 aromatic carbocycles. The molecule has 2 aliphatic heterocycles. The average molecular weight is 412 g/mol. The van der Waals surface area contributed by atoms with Gasteiger partial charge in [0.2, 0.25) is 5.91 Å². The second-order valence-corrected chi connectivity index (χ2v) is 11.2. The highest BCUT2D eigenvalue weighted by Gasteiger charge is 2.64. The van der Waals surface area contributed by atoms with E-state index in [1.165, 1.54) is 0 Å². The van der Waals surface area contributed by atoms with E-state index in [9.17, 15) is 13.2 Å². The van der Waals surface area contributed by atoms with Crippen LogP contribution in [0.15, 0.2) is 53.4 Å². The first kappa shape index (κ1) is 18.7. The predicted molar refractivity (Wildman–Crippen MR) is 109 cm³/mol. The molecule has 5 nitrogen and oxygen atoms in total. The SMILES string of the molecule is CC1(C)C[C@@]2(C[C@@H]2C(=O)N2CCS(=O)(=O)c3ccccc3C2)c2ccccc2O1. The number of rotatable bonds is 1. The lowest BCUT2D eigenvalue weighted by Gasteiger charge is -2.39. The van der Waals surface area contributed by atoms with Crippen molar-refractivity contribution < 1.29 is 17.9 Å². The zero-order valence-electron chi connectivity index (χ0n) is 16.7. The molecule has 1 aliphatic carbocycles. The fraction of sp³-hybridized carbons (Fsp3) is 0.435. The summed E-state index contributed by atoms with van der Waals surface area (Å²) in [5, 5.41) is 0. The van der Waals surface area contributed by atoms with E-state index in [0.29, 0.717) is 17.0 Å². The zero-order chi connectivity index (χ0) is 20.4. The lowest BCUT2D eigenvalue weighted by Crippen LogP contribution is -2.41. The first-order valence-corrected chi connectivity index (χ1v) is 11.8. The molecule has 1 fully saturated rings. The topological polar surface area (TPSA) is 63.7 Å². The third-order valence-electron chi connectivity index (χ3n) is 6.53. The highest BCUT2D eigenvalue weighted by Crippen LogP contribution is 2.64. The number of fused-ring (bicyclic) bond motifs is 3. The number of carbonyl (C=O) groups excluding carboxylic acids is 1. The molecule has 3 aliphatic rings. The number of hydrogen-bond acceptors (Lipinski definition) is 4. The maximum Gasteiger partial charge on any atom is 0.226 e. The molecule has 0 radical (unpaired) electrons. The number of hydrogen-bond donors (Lipinski definition) is 0. The molecule has 152 valence electrons. The summed E-state index contributed by atoms with van der Waals surface area (Å²) in [7, 11) is -3.36. The average Bonchev–Trinajstić information content (AvgIpc) is 3.39. The third kappa shape index (κ3) is 2.96. The Morgan fingerprint density at radius 3 is 2.66 bits per heavy atom. The van der Waals surface area contributed by atoms with Crippen molar-refractivity contribution in [2.24, 2.45) is 5.92 Å². The predicted octanol–water partition coefficient (Wildman–Crippen LogP) is 3.32. The van der Waals surface area contributed by atoms with Crippen LogP contribution in [0.2, 0.25) is 0 Å². The van der Waals surface area contributed by atoms with Gasteiger partial charge in [-0.15, -0.1) is 0 Å². The minimum atomic E-state index is -3.36. The molecule has 1 saturated carbocycles. The van der Waals surface area contributed by atoms with Crippen molar-refractivity contribution in [3.63, 3.8) is 0 Å². The smallest absolute Gasteiger partial charge is 0.226 e. The number of sulfone groups is 1. The van der Waals surface area contributed by atoms with Gasteiger partial charge in [-0.3, -0.25) is 4.79 Å². The number of nitrogens with zero attached hydrogens (tertiary/aromatic N) is 1. The van der Waals surface area contributed by atoms with Crippen molar-refractivity contribution in [2.45, 2.75) is 49.1 Å². The first-order chi connectivity index (χ1) is 13.7. The molecule has 5 rings (SSSR count). The van der Waals surface area contributed by atoms with Gasteiger partial charge in [-0.25, -0.2) is 8.42 Å². The normalized spacial score (nSPS) is 28.6. The van der Waals surface area contributed by atoms with Crippen molar-refractivity contribution in [1.29, 1.82) is 0 Å². The van der Waals surface area contributed by atoms with Gasteiger partial charge in [-0.05, 0) is 44.4 Å². The summed E-state index contributed by atoms with van der Waals surface area (Å²) < 4.78 is 31.4. The summed E-state index contributed by atoms with van der Waals surface area (Å²) in [6.07, 6.45) is 1.58. The minimum absolute atomic E-state index is 0.0271. The van der Waals surface area contributed by atoms with Crippen LogP contribution in [0, 0.1) is 5.92 Å². The van der Waals surface area contributed by atoms with Gasteiger partial charge < -0.3 is 9.64 Å². The maximum absolute atomic E-state index is 13.5. The Bertz CT molecular complexity index is 1110.